The molecule has 0 bridgehead atoms. The quantitative estimate of drug-likeness (QED) is 0.855. The summed E-state index contributed by atoms with van der Waals surface area (Å²) in [6.45, 7) is 3.87. The van der Waals surface area contributed by atoms with Gasteiger partial charge in [-0.2, -0.15) is 0 Å². The fourth-order valence-corrected chi connectivity index (χ4v) is 3.96. The molecular weight excluding hydrogens is 358 g/mol. The van der Waals surface area contributed by atoms with Crippen molar-refractivity contribution in [2.75, 3.05) is 6.61 Å². The minimum Gasteiger partial charge on any atom is -0.394 e. The Morgan fingerprint density at radius 3 is 2.56 bits per heavy atom. The maximum Gasteiger partial charge on any atom is 0.253 e. The highest BCUT2D eigenvalue weighted by Crippen LogP contribution is 2.31. The normalized spacial score (nSPS) is 12.9. The van der Waals surface area contributed by atoms with Crippen molar-refractivity contribution in [3.05, 3.63) is 19.2 Å². The lowest BCUT2D eigenvalue weighted by Gasteiger charge is -2.19. The number of hydrogen-bond acceptors (Lipinski definition) is 3. The van der Waals surface area contributed by atoms with Crippen LogP contribution < -0.4 is 5.32 Å². The Morgan fingerprint density at radius 1 is 1.56 bits per heavy atom. The fourth-order valence-electron chi connectivity index (χ4n) is 1.16. The van der Waals surface area contributed by atoms with E-state index in [-0.39, 0.29) is 24.5 Å². The smallest absolute Gasteiger partial charge is 0.253 e. The first-order valence-corrected chi connectivity index (χ1v) is 7.22. The van der Waals surface area contributed by atoms with E-state index in [0.717, 1.165) is 7.57 Å². The van der Waals surface area contributed by atoms with Crippen LogP contribution in [0.15, 0.2) is 13.6 Å². The number of aliphatic hydroxyl groups excluding tert-OH is 1. The Bertz CT molecular complexity index is 379. The highest BCUT2D eigenvalue weighted by molar-refractivity contribution is 9.12. The molecule has 0 aliphatic heterocycles. The van der Waals surface area contributed by atoms with E-state index in [1.54, 1.807) is 6.07 Å². The van der Waals surface area contributed by atoms with Crippen molar-refractivity contribution in [3.8, 4) is 0 Å². The minimum absolute atomic E-state index is 0.0493. The van der Waals surface area contributed by atoms with E-state index in [4.69, 9.17) is 5.11 Å². The van der Waals surface area contributed by atoms with E-state index < -0.39 is 0 Å². The van der Waals surface area contributed by atoms with Crippen LogP contribution >= 0.6 is 43.2 Å². The molecule has 0 unspecified atom stereocenters. The Balaban J connectivity index is 2.75. The van der Waals surface area contributed by atoms with Gasteiger partial charge in [0.2, 0.25) is 0 Å². The molecule has 16 heavy (non-hydrogen) atoms. The van der Waals surface area contributed by atoms with Crippen LogP contribution in [0.4, 0.5) is 0 Å². The summed E-state index contributed by atoms with van der Waals surface area (Å²) in [6.07, 6.45) is 0. The molecule has 1 aromatic rings. The number of hydrogen-bond donors (Lipinski definition) is 2. The van der Waals surface area contributed by atoms with Gasteiger partial charge < -0.3 is 10.4 Å². The summed E-state index contributed by atoms with van der Waals surface area (Å²) in [6, 6.07) is 1.55. The Kier molecular flexibility index (Phi) is 5.43. The molecule has 1 rings (SSSR count). The molecule has 0 aliphatic rings. The predicted molar refractivity (Wildman–Crippen MR) is 72.9 cm³/mol. The van der Waals surface area contributed by atoms with Gasteiger partial charge in [0.1, 0.15) is 0 Å². The first kappa shape index (κ1) is 14.2. The molecule has 0 aliphatic carbocycles. The maximum absolute atomic E-state index is 11.9. The Hall–Kier alpha value is 0.0900. The van der Waals surface area contributed by atoms with Crippen molar-refractivity contribution < 1.29 is 9.90 Å². The molecular formula is C10H13Br2NO2S. The molecule has 1 heterocycles. The fraction of sp³-hybridized carbons (Fsp3) is 0.500. The largest absolute Gasteiger partial charge is 0.394 e. The average molecular weight is 371 g/mol. The van der Waals surface area contributed by atoms with Crippen molar-refractivity contribution in [2.45, 2.75) is 19.9 Å². The monoisotopic (exact) mass is 369 g/mol. The van der Waals surface area contributed by atoms with Gasteiger partial charge in [0.05, 0.1) is 25.8 Å². The van der Waals surface area contributed by atoms with E-state index >= 15 is 0 Å². The lowest BCUT2D eigenvalue weighted by Crippen LogP contribution is -2.41. The van der Waals surface area contributed by atoms with Crippen LogP contribution in [0.3, 0.4) is 0 Å². The highest BCUT2D eigenvalue weighted by atomic mass is 79.9. The standard InChI is InChI=1S/C10H13Br2NO2S/c1-5(2)7(4-14)13-10(15)6-3-8(11)16-9(6)12/h3,5,7,14H,4H2,1-2H3,(H,13,15)/t7-/m1/s1. The zero-order chi connectivity index (χ0) is 12.3. The number of carbonyl (C=O) groups is 1. The second-order valence-electron chi connectivity index (χ2n) is 3.74. The topological polar surface area (TPSA) is 49.3 Å². The number of rotatable bonds is 4. The molecule has 1 amide bonds. The third-order valence-corrected chi connectivity index (χ3v) is 4.56. The molecule has 0 saturated heterocycles. The Labute approximate surface area is 116 Å². The van der Waals surface area contributed by atoms with Gasteiger partial charge in [-0.05, 0) is 43.8 Å². The van der Waals surface area contributed by atoms with Crippen molar-refractivity contribution in [1.29, 1.82) is 0 Å². The first-order chi connectivity index (χ1) is 7.45. The van der Waals surface area contributed by atoms with Crippen molar-refractivity contribution in [1.82, 2.24) is 5.32 Å². The molecule has 0 fully saturated rings. The second-order valence-corrected chi connectivity index (χ2v) is 7.49. The van der Waals surface area contributed by atoms with Gasteiger partial charge >= 0.3 is 0 Å². The SMILES string of the molecule is CC(C)[C@@H](CO)NC(=O)c1cc(Br)sc1Br. The van der Waals surface area contributed by atoms with Gasteiger partial charge in [-0.1, -0.05) is 13.8 Å². The van der Waals surface area contributed by atoms with Crippen LogP contribution in [0.25, 0.3) is 0 Å². The Morgan fingerprint density at radius 2 is 2.19 bits per heavy atom. The zero-order valence-corrected chi connectivity index (χ0v) is 12.9. The summed E-state index contributed by atoms with van der Waals surface area (Å²) >= 11 is 8.11. The van der Waals surface area contributed by atoms with E-state index in [9.17, 15) is 4.79 Å². The van der Waals surface area contributed by atoms with Crippen LogP contribution in [0.1, 0.15) is 24.2 Å². The summed E-state index contributed by atoms with van der Waals surface area (Å²) in [5.41, 5.74) is 0.593. The van der Waals surface area contributed by atoms with E-state index in [1.807, 2.05) is 13.8 Å². The van der Waals surface area contributed by atoms with Gasteiger partial charge in [0, 0.05) is 0 Å². The molecule has 90 valence electrons. The van der Waals surface area contributed by atoms with Gasteiger partial charge in [-0.25, -0.2) is 0 Å². The number of thiophene rings is 1. The number of nitrogens with one attached hydrogen (secondary N) is 1. The van der Waals surface area contributed by atoms with Crippen molar-refractivity contribution >= 4 is 49.1 Å². The molecule has 2 N–H and O–H groups in total. The van der Waals surface area contributed by atoms with Crippen LogP contribution in [-0.2, 0) is 0 Å². The lowest BCUT2D eigenvalue weighted by atomic mass is 10.1. The van der Waals surface area contributed by atoms with Gasteiger partial charge in [0.25, 0.3) is 5.91 Å². The zero-order valence-electron chi connectivity index (χ0n) is 8.96. The number of carbonyl (C=O) groups excluding carboxylic acids is 1. The third kappa shape index (κ3) is 3.55. The van der Waals surface area contributed by atoms with Crippen LogP contribution in [-0.4, -0.2) is 23.7 Å². The number of amides is 1. The number of aliphatic hydroxyl groups is 1. The van der Waals surface area contributed by atoms with Crippen LogP contribution in [0.5, 0.6) is 0 Å². The third-order valence-electron chi connectivity index (χ3n) is 2.22. The highest BCUT2D eigenvalue weighted by Gasteiger charge is 2.19. The van der Waals surface area contributed by atoms with Crippen LogP contribution in [0.2, 0.25) is 0 Å². The maximum atomic E-state index is 11.9. The summed E-state index contributed by atoms with van der Waals surface area (Å²) in [7, 11) is 0. The summed E-state index contributed by atoms with van der Waals surface area (Å²) in [5, 5.41) is 11.9. The molecule has 0 aromatic carbocycles. The minimum atomic E-state index is -0.210. The van der Waals surface area contributed by atoms with E-state index in [1.165, 1.54) is 11.3 Å². The van der Waals surface area contributed by atoms with Gasteiger partial charge in [0.15, 0.2) is 0 Å². The second kappa shape index (κ2) is 6.14. The molecule has 1 aromatic heterocycles. The molecule has 1 atom stereocenters. The lowest BCUT2D eigenvalue weighted by molar-refractivity contribution is 0.0896. The van der Waals surface area contributed by atoms with Crippen molar-refractivity contribution in [2.24, 2.45) is 5.92 Å². The van der Waals surface area contributed by atoms with Crippen LogP contribution in [0, 0.1) is 5.92 Å². The van der Waals surface area contributed by atoms with E-state index in [0.29, 0.717) is 5.56 Å². The molecule has 6 heteroatoms. The van der Waals surface area contributed by atoms with Gasteiger partial charge in [-0.15, -0.1) is 11.3 Å². The molecule has 0 spiro atoms. The van der Waals surface area contributed by atoms with Gasteiger partial charge in [-0.3, -0.25) is 4.79 Å². The number of halogens is 2. The van der Waals surface area contributed by atoms with Crippen molar-refractivity contribution in [3.63, 3.8) is 0 Å². The summed E-state index contributed by atoms with van der Waals surface area (Å²) < 4.78 is 1.69. The summed E-state index contributed by atoms with van der Waals surface area (Å²) in [5.74, 6) is 0.0383. The average Bonchev–Trinajstić information content (AvgIpc) is 2.53. The van der Waals surface area contributed by atoms with E-state index in [2.05, 4.69) is 37.2 Å². The summed E-state index contributed by atoms with van der Waals surface area (Å²) in [4.78, 5) is 11.9. The predicted octanol–water partition coefficient (Wildman–Crippen LogP) is 3.02. The molecule has 0 radical (unpaired) electrons. The molecule has 0 saturated carbocycles. The molecule has 3 nitrogen and oxygen atoms in total. The first-order valence-electron chi connectivity index (χ1n) is 4.82.